The zero-order chi connectivity index (χ0) is 12.8. The number of thiazole rings is 1. The van der Waals surface area contributed by atoms with Gasteiger partial charge in [-0.2, -0.15) is 0 Å². The summed E-state index contributed by atoms with van der Waals surface area (Å²) in [6.45, 7) is 2.17. The number of carbonyl (C=O) groups is 2. The van der Waals surface area contributed by atoms with E-state index < -0.39 is 12.0 Å². The Bertz CT molecular complexity index is 405. The molecule has 4 N–H and O–H groups in total. The largest absolute Gasteiger partial charge is 0.476 e. The number of aromatic nitrogens is 1. The molecular formula is C10H15N3O3S. The van der Waals surface area contributed by atoms with Gasteiger partial charge in [0.15, 0.2) is 5.69 Å². The SMILES string of the molecule is CCC[C@H](N)C(=O)NCc1nc(C(=O)O)cs1. The van der Waals surface area contributed by atoms with E-state index in [1.54, 1.807) is 0 Å². The third-order valence-electron chi connectivity index (χ3n) is 2.12. The minimum atomic E-state index is -1.07. The lowest BCUT2D eigenvalue weighted by Crippen LogP contribution is -2.40. The van der Waals surface area contributed by atoms with Crippen molar-refractivity contribution in [1.29, 1.82) is 0 Å². The first kappa shape index (κ1) is 13.6. The molecule has 0 saturated carbocycles. The van der Waals surface area contributed by atoms with Crippen molar-refractivity contribution in [2.75, 3.05) is 0 Å². The van der Waals surface area contributed by atoms with Crippen LogP contribution in [0.25, 0.3) is 0 Å². The van der Waals surface area contributed by atoms with Gasteiger partial charge in [-0.1, -0.05) is 13.3 Å². The summed E-state index contributed by atoms with van der Waals surface area (Å²) >= 11 is 1.20. The maximum atomic E-state index is 11.5. The lowest BCUT2D eigenvalue weighted by Gasteiger charge is -2.09. The molecule has 1 amide bonds. The van der Waals surface area contributed by atoms with Crippen LogP contribution in [0.2, 0.25) is 0 Å². The van der Waals surface area contributed by atoms with Crippen LogP contribution in [0, 0.1) is 0 Å². The number of hydrogen-bond acceptors (Lipinski definition) is 5. The smallest absolute Gasteiger partial charge is 0.355 e. The standard InChI is InChI=1S/C10H15N3O3S/c1-2-3-6(11)9(14)12-4-8-13-7(5-17-8)10(15)16/h5-6H,2-4,11H2,1H3,(H,12,14)(H,15,16)/t6-/m0/s1. The van der Waals surface area contributed by atoms with E-state index in [1.807, 2.05) is 6.92 Å². The molecule has 1 aromatic heterocycles. The van der Waals surface area contributed by atoms with Crippen molar-refractivity contribution < 1.29 is 14.7 Å². The lowest BCUT2D eigenvalue weighted by atomic mass is 10.2. The number of aromatic carboxylic acids is 1. The van der Waals surface area contributed by atoms with Gasteiger partial charge < -0.3 is 16.2 Å². The van der Waals surface area contributed by atoms with E-state index in [9.17, 15) is 9.59 Å². The maximum absolute atomic E-state index is 11.5. The summed E-state index contributed by atoms with van der Waals surface area (Å²) in [6.07, 6.45) is 1.47. The Hall–Kier alpha value is -1.47. The number of carboxylic acid groups (broad SMARTS) is 1. The number of hydrogen-bond donors (Lipinski definition) is 3. The molecule has 7 heteroatoms. The van der Waals surface area contributed by atoms with E-state index in [1.165, 1.54) is 16.7 Å². The van der Waals surface area contributed by atoms with Crippen LogP contribution in [0.3, 0.4) is 0 Å². The molecule has 0 fully saturated rings. The molecule has 0 aliphatic carbocycles. The number of nitrogens with two attached hydrogens (primary N) is 1. The van der Waals surface area contributed by atoms with Crippen molar-refractivity contribution in [3.63, 3.8) is 0 Å². The van der Waals surface area contributed by atoms with Crippen molar-refractivity contribution in [2.45, 2.75) is 32.4 Å². The molecule has 0 aliphatic heterocycles. The van der Waals surface area contributed by atoms with E-state index >= 15 is 0 Å². The quantitative estimate of drug-likeness (QED) is 0.691. The van der Waals surface area contributed by atoms with Gasteiger partial charge >= 0.3 is 5.97 Å². The number of rotatable bonds is 6. The number of nitrogens with zero attached hydrogens (tertiary/aromatic N) is 1. The monoisotopic (exact) mass is 257 g/mol. The fraction of sp³-hybridized carbons (Fsp3) is 0.500. The molecule has 1 rings (SSSR count). The molecule has 6 nitrogen and oxygen atoms in total. The van der Waals surface area contributed by atoms with Crippen molar-refractivity contribution in [1.82, 2.24) is 10.3 Å². The van der Waals surface area contributed by atoms with E-state index in [4.69, 9.17) is 10.8 Å². The molecule has 94 valence electrons. The van der Waals surface area contributed by atoms with E-state index in [-0.39, 0.29) is 18.1 Å². The third kappa shape index (κ3) is 4.12. The normalized spacial score (nSPS) is 12.1. The summed E-state index contributed by atoms with van der Waals surface area (Å²) in [5.41, 5.74) is 5.62. The fourth-order valence-corrected chi connectivity index (χ4v) is 1.93. The molecule has 0 saturated heterocycles. The number of amides is 1. The topological polar surface area (TPSA) is 105 Å². The lowest BCUT2D eigenvalue weighted by molar-refractivity contribution is -0.122. The van der Waals surface area contributed by atoms with Crippen LogP contribution in [-0.4, -0.2) is 28.0 Å². The Morgan fingerprint density at radius 3 is 2.88 bits per heavy atom. The Morgan fingerprint density at radius 1 is 1.65 bits per heavy atom. The van der Waals surface area contributed by atoms with Crippen LogP contribution in [0.1, 0.15) is 35.3 Å². The second-order valence-electron chi connectivity index (χ2n) is 3.54. The highest BCUT2D eigenvalue weighted by molar-refractivity contribution is 7.09. The van der Waals surface area contributed by atoms with Crippen LogP contribution in [0.15, 0.2) is 5.38 Å². The Labute approximate surface area is 103 Å². The highest BCUT2D eigenvalue weighted by atomic mass is 32.1. The van der Waals surface area contributed by atoms with Crippen LogP contribution in [0.4, 0.5) is 0 Å². The molecule has 17 heavy (non-hydrogen) atoms. The average molecular weight is 257 g/mol. The van der Waals surface area contributed by atoms with Gasteiger partial charge in [-0.25, -0.2) is 9.78 Å². The maximum Gasteiger partial charge on any atom is 0.355 e. The predicted octanol–water partition coefficient (Wildman–Crippen LogP) is 0.585. The van der Waals surface area contributed by atoms with Crippen molar-refractivity contribution in [3.8, 4) is 0 Å². The fourth-order valence-electron chi connectivity index (χ4n) is 1.23. The van der Waals surface area contributed by atoms with Crippen LogP contribution in [0.5, 0.6) is 0 Å². The van der Waals surface area contributed by atoms with Gasteiger partial charge in [-0.3, -0.25) is 4.79 Å². The number of carboxylic acids is 1. The third-order valence-corrected chi connectivity index (χ3v) is 2.97. The second-order valence-corrected chi connectivity index (χ2v) is 4.49. The van der Waals surface area contributed by atoms with Crippen molar-refractivity contribution >= 4 is 23.2 Å². The van der Waals surface area contributed by atoms with Gasteiger partial charge in [-0.15, -0.1) is 11.3 Å². The van der Waals surface area contributed by atoms with Crippen molar-refractivity contribution in [3.05, 3.63) is 16.1 Å². The predicted molar refractivity (Wildman–Crippen MR) is 63.8 cm³/mol. The first-order valence-corrected chi connectivity index (χ1v) is 6.13. The summed E-state index contributed by atoms with van der Waals surface area (Å²) in [7, 11) is 0. The Morgan fingerprint density at radius 2 is 2.35 bits per heavy atom. The minimum absolute atomic E-state index is 0.00268. The molecule has 0 radical (unpaired) electrons. The molecule has 0 aromatic carbocycles. The molecular weight excluding hydrogens is 242 g/mol. The Balaban J connectivity index is 2.44. The highest BCUT2D eigenvalue weighted by Gasteiger charge is 2.13. The number of carbonyl (C=O) groups excluding carboxylic acids is 1. The summed E-state index contributed by atoms with van der Waals surface area (Å²) in [5, 5.41) is 13.3. The average Bonchev–Trinajstić information content (AvgIpc) is 2.75. The summed E-state index contributed by atoms with van der Waals surface area (Å²) in [5.74, 6) is -1.31. The zero-order valence-corrected chi connectivity index (χ0v) is 10.3. The van der Waals surface area contributed by atoms with Gasteiger partial charge in [0.2, 0.25) is 5.91 Å². The molecule has 0 aliphatic rings. The summed E-state index contributed by atoms with van der Waals surface area (Å²) < 4.78 is 0. The van der Waals surface area contributed by atoms with E-state index in [0.29, 0.717) is 11.4 Å². The minimum Gasteiger partial charge on any atom is -0.476 e. The van der Waals surface area contributed by atoms with Gasteiger partial charge in [-0.05, 0) is 6.42 Å². The molecule has 0 spiro atoms. The van der Waals surface area contributed by atoms with Gasteiger partial charge in [0, 0.05) is 5.38 Å². The number of nitrogens with one attached hydrogen (secondary N) is 1. The zero-order valence-electron chi connectivity index (χ0n) is 9.47. The molecule has 0 bridgehead atoms. The molecule has 0 unspecified atom stereocenters. The second kappa shape index (κ2) is 6.31. The molecule has 1 aromatic rings. The first-order chi connectivity index (χ1) is 8.04. The highest BCUT2D eigenvalue weighted by Crippen LogP contribution is 2.09. The van der Waals surface area contributed by atoms with Gasteiger partial charge in [0.25, 0.3) is 0 Å². The van der Waals surface area contributed by atoms with Crippen LogP contribution in [-0.2, 0) is 11.3 Å². The van der Waals surface area contributed by atoms with Gasteiger partial charge in [0.05, 0.1) is 12.6 Å². The first-order valence-electron chi connectivity index (χ1n) is 5.25. The van der Waals surface area contributed by atoms with Crippen LogP contribution >= 0.6 is 11.3 Å². The van der Waals surface area contributed by atoms with E-state index in [2.05, 4.69) is 10.3 Å². The van der Waals surface area contributed by atoms with Crippen LogP contribution < -0.4 is 11.1 Å². The summed E-state index contributed by atoms with van der Waals surface area (Å²) in [6, 6.07) is -0.515. The molecule has 1 heterocycles. The van der Waals surface area contributed by atoms with Gasteiger partial charge in [0.1, 0.15) is 5.01 Å². The van der Waals surface area contributed by atoms with E-state index in [0.717, 1.165) is 6.42 Å². The van der Waals surface area contributed by atoms with Crippen molar-refractivity contribution in [2.24, 2.45) is 5.73 Å². The Kier molecular flexibility index (Phi) is 5.05. The summed E-state index contributed by atoms with van der Waals surface area (Å²) in [4.78, 5) is 25.9. The molecule has 1 atom stereocenters.